The van der Waals surface area contributed by atoms with Crippen molar-refractivity contribution in [1.29, 1.82) is 0 Å². The van der Waals surface area contributed by atoms with Crippen LogP contribution in [0.2, 0.25) is 10.0 Å². The van der Waals surface area contributed by atoms with Crippen LogP contribution in [0.15, 0.2) is 48.7 Å². The minimum atomic E-state index is -0.234. The summed E-state index contributed by atoms with van der Waals surface area (Å²) in [4.78, 5) is 15.4. The molecule has 0 atom stereocenters. The number of fused-ring (bicyclic) bond motifs is 1. The highest BCUT2D eigenvalue weighted by atomic mass is 35.5. The van der Waals surface area contributed by atoms with Crippen LogP contribution in [0.1, 0.15) is 10.4 Å². The highest BCUT2D eigenvalue weighted by Gasteiger charge is 2.13. The van der Waals surface area contributed by atoms with E-state index in [1.54, 1.807) is 30.5 Å². The summed E-state index contributed by atoms with van der Waals surface area (Å²) >= 11 is 12.0. The average Bonchev–Trinajstić information content (AvgIpc) is 2.92. The van der Waals surface area contributed by atoms with Gasteiger partial charge in [0.25, 0.3) is 5.91 Å². The molecule has 3 aromatic rings. The predicted molar refractivity (Wildman–Crippen MR) is 82.7 cm³/mol. The summed E-state index contributed by atoms with van der Waals surface area (Å²) in [6, 6.07) is 12.6. The van der Waals surface area contributed by atoms with Crippen LogP contribution in [-0.4, -0.2) is 10.9 Å². The molecule has 0 fully saturated rings. The van der Waals surface area contributed by atoms with Gasteiger partial charge in [-0.25, -0.2) is 0 Å². The number of halogens is 2. The number of rotatable bonds is 2. The highest BCUT2D eigenvalue weighted by molar-refractivity contribution is 6.44. The number of H-pyrrole nitrogens is 1. The number of aromatic nitrogens is 1. The zero-order valence-corrected chi connectivity index (χ0v) is 11.8. The van der Waals surface area contributed by atoms with Gasteiger partial charge in [0.2, 0.25) is 0 Å². The van der Waals surface area contributed by atoms with E-state index in [1.807, 2.05) is 18.2 Å². The SMILES string of the molecule is O=C(Nc1cccc(Cl)c1Cl)c1cccc2cc[nH]c12. The van der Waals surface area contributed by atoms with Gasteiger partial charge in [-0.3, -0.25) is 4.79 Å². The van der Waals surface area contributed by atoms with Crippen molar-refractivity contribution in [2.24, 2.45) is 0 Å². The van der Waals surface area contributed by atoms with Gasteiger partial charge in [-0.15, -0.1) is 0 Å². The number of carbonyl (C=O) groups is 1. The Bertz CT molecular complexity index is 795. The standard InChI is InChI=1S/C15H10Cl2N2O/c16-11-5-2-6-12(13(11)17)19-15(20)10-4-1-3-9-7-8-18-14(9)10/h1-8,18H,(H,19,20). The molecule has 1 amide bonds. The fourth-order valence-electron chi connectivity index (χ4n) is 2.06. The molecule has 0 spiro atoms. The number of aromatic amines is 1. The van der Waals surface area contributed by atoms with E-state index in [1.165, 1.54) is 0 Å². The summed E-state index contributed by atoms with van der Waals surface area (Å²) < 4.78 is 0. The summed E-state index contributed by atoms with van der Waals surface area (Å²) in [5.74, 6) is -0.234. The quantitative estimate of drug-likeness (QED) is 0.706. The predicted octanol–water partition coefficient (Wildman–Crippen LogP) is 4.73. The molecule has 0 aliphatic heterocycles. The molecule has 2 aromatic carbocycles. The molecule has 20 heavy (non-hydrogen) atoms. The normalized spacial score (nSPS) is 10.7. The van der Waals surface area contributed by atoms with Crippen LogP contribution in [0.3, 0.4) is 0 Å². The molecule has 0 saturated heterocycles. The molecule has 0 aliphatic carbocycles. The number of para-hydroxylation sites is 1. The maximum atomic E-state index is 12.4. The maximum absolute atomic E-state index is 12.4. The second kappa shape index (κ2) is 5.19. The van der Waals surface area contributed by atoms with Gasteiger partial charge in [-0.1, -0.05) is 41.4 Å². The molecule has 0 unspecified atom stereocenters. The molecule has 0 radical (unpaired) electrons. The number of amides is 1. The van der Waals surface area contributed by atoms with E-state index >= 15 is 0 Å². The van der Waals surface area contributed by atoms with Crippen LogP contribution in [0.25, 0.3) is 10.9 Å². The second-order valence-electron chi connectivity index (χ2n) is 4.30. The van der Waals surface area contributed by atoms with Crippen LogP contribution in [0, 0.1) is 0 Å². The monoisotopic (exact) mass is 304 g/mol. The lowest BCUT2D eigenvalue weighted by atomic mass is 10.1. The number of benzene rings is 2. The minimum absolute atomic E-state index is 0.234. The highest BCUT2D eigenvalue weighted by Crippen LogP contribution is 2.30. The summed E-state index contributed by atoms with van der Waals surface area (Å²) in [5, 5.41) is 4.49. The maximum Gasteiger partial charge on any atom is 0.257 e. The first kappa shape index (κ1) is 13.0. The topological polar surface area (TPSA) is 44.9 Å². The van der Waals surface area contributed by atoms with Gasteiger partial charge in [0, 0.05) is 11.6 Å². The van der Waals surface area contributed by atoms with E-state index in [9.17, 15) is 4.79 Å². The fourth-order valence-corrected chi connectivity index (χ4v) is 2.41. The van der Waals surface area contributed by atoms with Crippen molar-refractivity contribution < 1.29 is 4.79 Å². The van der Waals surface area contributed by atoms with Crippen LogP contribution in [-0.2, 0) is 0 Å². The van der Waals surface area contributed by atoms with Gasteiger partial charge in [0.15, 0.2) is 0 Å². The molecule has 1 heterocycles. The Morgan fingerprint density at radius 1 is 1.05 bits per heavy atom. The van der Waals surface area contributed by atoms with Gasteiger partial charge in [0.05, 0.1) is 26.8 Å². The van der Waals surface area contributed by atoms with E-state index < -0.39 is 0 Å². The summed E-state index contributed by atoms with van der Waals surface area (Å²) in [6.07, 6.45) is 1.80. The van der Waals surface area contributed by atoms with Crippen molar-refractivity contribution in [3.05, 3.63) is 64.3 Å². The molecule has 0 aliphatic rings. The lowest BCUT2D eigenvalue weighted by molar-refractivity contribution is 0.102. The number of carbonyl (C=O) groups excluding carboxylic acids is 1. The molecular formula is C15H10Cl2N2O. The molecule has 1 aromatic heterocycles. The Morgan fingerprint density at radius 3 is 2.70 bits per heavy atom. The van der Waals surface area contributed by atoms with Crippen LogP contribution >= 0.6 is 23.2 Å². The molecule has 0 bridgehead atoms. The number of nitrogens with one attached hydrogen (secondary N) is 2. The van der Waals surface area contributed by atoms with E-state index in [4.69, 9.17) is 23.2 Å². The van der Waals surface area contributed by atoms with E-state index in [0.717, 1.165) is 10.9 Å². The first-order valence-electron chi connectivity index (χ1n) is 5.98. The lowest BCUT2D eigenvalue weighted by Gasteiger charge is -2.08. The molecular weight excluding hydrogens is 295 g/mol. The lowest BCUT2D eigenvalue weighted by Crippen LogP contribution is -2.12. The number of hydrogen-bond acceptors (Lipinski definition) is 1. The van der Waals surface area contributed by atoms with Crippen molar-refractivity contribution in [1.82, 2.24) is 4.98 Å². The molecule has 2 N–H and O–H groups in total. The van der Waals surface area contributed by atoms with E-state index in [0.29, 0.717) is 21.3 Å². The van der Waals surface area contributed by atoms with Gasteiger partial charge in [0.1, 0.15) is 0 Å². The second-order valence-corrected chi connectivity index (χ2v) is 5.09. The van der Waals surface area contributed by atoms with Gasteiger partial charge < -0.3 is 10.3 Å². The Labute approximate surface area is 125 Å². The van der Waals surface area contributed by atoms with Crippen LogP contribution in [0.5, 0.6) is 0 Å². The number of anilines is 1. The Hall–Kier alpha value is -1.97. The minimum Gasteiger partial charge on any atom is -0.361 e. The zero-order valence-electron chi connectivity index (χ0n) is 10.3. The van der Waals surface area contributed by atoms with Gasteiger partial charge >= 0.3 is 0 Å². The van der Waals surface area contributed by atoms with Gasteiger partial charge in [-0.2, -0.15) is 0 Å². The molecule has 3 rings (SSSR count). The molecule has 3 nitrogen and oxygen atoms in total. The summed E-state index contributed by atoms with van der Waals surface area (Å²) in [7, 11) is 0. The zero-order chi connectivity index (χ0) is 14.1. The van der Waals surface area contributed by atoms with E-state index in [-0.39, 0.29) is 5.91 Å². The van der Waals surface area contributed by atoms with Crippen molar-refractivity contribution in [2.45, 2.75) is 0 Å². The van der Waals surface area contributed by atoms with Crippen molar-refractivity contribution >= 4 is 45.7 Å². The number of hydrogen-bond donors (Lipinski definition) is 2. The Morgan fingerprint density at radius 2 is 1.85 bits per heavy atom. The van der Waals surface area contributed by atoms with Crippen molar-refractivity contribution in [3.8, 4) is 0 Å². The Kier molecular flexibility index (Phi) is 3.38. The van der Waals surface area contributed by atoms with Crippen LogP contribution < -0.4 is 5.32 Å². The first-order chi connectivity index (χ1) is 9.66. The first-order valence-corrected chi connectivity index (χ1v) is 6.74. The third-order valence-corrected chi connectivity index (χ3v) is 3.85. The molecule has 100 valence electrons. The van der Waals surface area contributed by atoms with E-state index in [2.05, 4.69) is 10.3 Å². The van der Waals surface area contributed by atoms with Crippen LogP contribution in [0.4, 0.5) is 5.69 Å². The molecule has 0 saturated carbocycles. The van der Waals surface area contributed by atoms with Gasteiger partial charge in [-0.05, 0) is 24.3 Å². The average molecular weight is 305 g/mol. The summed E-state index contributed by atoms with van der Waals surface area (Å²) in [6.45, 7) is 0. The smallest absolute Gasteiger partial charge is 0.257 e. The Balaban J connectivity index is 1.97. The third-order valence-electron chi connectivity index (χ3n) is 3.03. The largest absolute Gasteiger partial charge is 0.361 e. The van der Waals surface area contributed by atoms with Crippen molar-refractivity contribution in [2.75, 3.05) is 5.32 Å². The fraction of sp³-hybridized carbons (Fsp3) is 0. The van der Waals surface area contributed by atoms with Crippen molar-refractivity contribution in [3.63, 3.8) is 0 Å². The third kappa shape index (κ3) is 2.26. The summed E-state index contributed by atoms with van der Waals surface area (Å²) in [5.41, 5.74) is 1.85. The molecule has 5 heteroatoms.